The first-order chi connectivity index (χ1) is 11.6. The fraction of sp³-hybridized carbons (Fsp3) is 0.118. The zero-order valence-electron chi connectivity index (χ0n) is 12.3. The summed E-state index contributed by atoms with van der Waals surface area (Å²) in [5.74, 6) is -0.204. The minimum absolute atomic E-state index is 0.186. The summed E-state index contributed by atoms with van der Waals surface area (Å²) in [6.45, 7) is 0. The molecule has 6 nitrogen and oxygen atoms in total. The highest BCUT2D eigenvalue weighted by Gasteiger charge is 2.36. The van der Waals surface area contributed by atoms with Crippen LogP contribution in [0.1, 0.15) is 27.7 Å². The van der Waals surface area contributed by atoms with Gasteiger partial charge in [-0.25, -0.2) is 9.59 Å². The Morgan fingerprint density at radius 1 is 1.17 bits per heavy atom. The average molecular weight is 343 g/mol. The van der Waals surface area contributed by atoms with Crippen molar-refractivity contribution in [3.63, 3.8) is 0 Å². The minimum Gasteiger partial charge on any atom is -0.463 e. The van der Waals surface area contributed by atoms with E-state index in [-0.39, 0.29) is 11.3 Å². The SMILES string of the molecule is O=C1OC(Cc2ccccc2Cl)c2[nH]c(=O)nc(-c3ccco3)c21. The minimum atomic E-state index is -0.628. The second kappa shape index (κ2) is 5.65. The molecule has 1 N–H and O–H groups in total. The van der Waals surface area contributed by atoms with Gasteiger partial charge in [-0.05, 0) is 23.8 Å². The van der Waals surface area contributed by atoms with Crippen LogP contribution in [0.4, 0.5) is 0 Å². The van der Waals surface area contributed by atoms with E-state index in [2.05, 4.69) is 9.97 Å². The van der Waals surface area contributed by atoms with Gasteiger partial charge in [-0.1, -0.05) is 29.8 Å². The van der Waals surface area contributed by atoms with E-state index in [1.54, 1.807) is 18.2 Å². The number of ether oxygens (including phenoxy) is 1. The maximum Gasteiger partial charge on any atom is 0.345 e. The van der Waals surface area contributed by atoms with Crippen LogP contribution in [0.2, 0.25) is 5.02 Å². The van der Waals surface area contributed by atoms with Gasteiger partial charge in [0.05, 0.1) is 12.0 Å². The van der Waals surface area contributed by atoms with Crippen molar-refractivity contribution in [3.05, 3.63) is 75.0 Å². The van der Waals surface area contributed by atoms with E-state index in [9.17, 15) is 9.59 Å². The van der Waals surface area contributed by atoms with E-state index in [4.69, 9.17) is 20.8 Å². The van der Waals surface area contributed by atoms with Crippen LogP contribution in [0, 0.1) is 0 Å². The molecule has 1 unspecified atom stereocenters. The lowest BCUT2D eigenvalue weighted by Gasteiger charge is -2.11. The number of carbonyl (C=O) groups excluding carboxylic acids is 1. The molecule has 0 bridgehead atoms. The molecule has 24 heavy (non-hydrogen) atoms. The summed E-state index contributed by atoms with van der Waals surface area (Å²) in [5, 5.41) is 0.574. The molecular formula is C17H11ClN2O4. The van der Waals surface area contributed by atoms with Crippen LogP contribution in [0.25, 0.3) is 11.5 Å². The lowest BCUT2D eigenvalue weighted by molar-refractivity contribution is 0.0382. The third-order valence-electron chi connectivity index (χ3n) is 3.85. The summed E-state index contributed by atoms with van der Waals surface area (Å²) in [7, 11) is 0. The van der Waals surface area contributed by atoms with Crippen molar-refractivity contribution in [1.29, 1.82) is 0 Å². The summed E-state index contributed by atoms with van der Waals surface area (Å²) in [5.41, 5.74) is 1.06. The van der Waals surface area contributed by atoms with Crippen molar-refractivity contribution in [2.24, 2.45) is 0 Å². The molecule has 2 aromatic heterocycles. The van der Waals surface area contributed by atoms with E-state index < -0.39 is 17.8 Å². The molecule has 0 saturated heterocycles. The zero-order valence-corrected chi connectivity index (χ0v) is 13.0. The number of halogens is 1. The predicted octanol–water partition coefficient (Wildman–Crippen LogP) is 3.14. The molecule has 0 amide bonds. The molecule has 0 aliphatic carbocycles. The number of H-pyrrole nitrogens is 1. The molecule has 4 rings (SSSR count). The van der Waals surface area contributed by atoms with Crippen LogP contribution in [-0.4, -0.2) is 15.9 Å². The number of benzene rings is 1. The Balaban J connectivity index is 1.81. The quantitative estimate of drug-likeness (QED) is 0.739. The summed E-state index contributed by atoms with van der Waals surface area (Å²) in [4.78, 5) is 30.7. The third kappa shape index (κ3) is 2.41. The third-order valence-corrected chi connectivity index (χ3v) is 4.22. The second-order valence-corrected chi connectivity index (χ2v) is 5.75. The van der Waals surface area contributed by atoms with Crippen molar-refractivity contribution >= 4 is 17.6 Å². The summed E-state index contributed by atoms with van der Waals surface area (Å²) in [6.07, 6.45) is 1.18. The number of carbonyl (C=O) groups is 1. The average Bonchev–Trinajstić information content (AvgIpc) is 3.18. The van der Waals surface area contributed by atoms with E-state index in [0.29, 0.717) is 22.9 Å². The number of nitrogens with one attached hydrogen (secondary N) is 1. The van der Waals surface area contributed by atoms with Gasteiger partial charge in [0.1, 0.15) is 17.4 Å². The van der Waals surface area contributed by atoms with Gasteiger partial charge in [-0.15, -0.1) is 0 Å². The number of rotatable bonds is 3. The molecule has 0 saturated carbocycles. The molecule has 1 aromatic carbocycles. The fourth-order valence-electron chi connectivity index (χ4n) is 2.78. The molecule has 3 heterocycles. The van der Waals surface area contributed by atoms with Crippen molar-refractivity contribution in [2.45, 2.75) is 12.5 Å². The van der Waals surface area contributed by atoms with Crippen molar-refractivity contribution in [2.75, 3.05) is 0 Å². The predicted molar refractivity (Wildman–Crippen MR) is 85.9 cm³/mol. The normalized spacial score (nSPS) is 16.0. The number of aromatic amines is 1. The number of hydrogen-bond donors (Lipinski definition) is 1. The highest BCUT2D eigenvalue weighted by molar-refractivity contribution is 6.31. The van der Waals surface area contributed by atoms with Crippen molar-refractivity contribution < 1.29 is 13.9 Å². The number of esters is 1. The maximum absolute atomic E-state index is 12.3. The van der Waals surface area contributed by atoms with E-state index in [1.165, 1.54) is 6.26 Å². The maximum atomic E-state index is 12.3. The van der Waals surface area contributed by atoms with Gasteiger partial charge in [0.25, 0.3) is 0 Å². The Hall–Kier alpha value is -2.86. The van der Waals surface area contributed by atoms with E-state index in [0.717, 1.165) is 5.56 Å². The highest BCUT2D eigenvalue weighted by atomic mass is 35.5. The van der Waals surface area contributed by atoms with Crippen molar-refractivity contribution in [1.82, 2.24) is 9.97 Å². The first-order valence-corrected chi connectivity index (χ1v) is 7.64. The number of furan rings is 1. The fourth-order valence-corrected chi connectivity index (χ4v) is 3.00. The van der Waals surface area contributed by atoms with Crippen LogP contribution >= 0.6 is 11.6 Å². The molecule has 0 spiro atoms. The van der Waals surface area contributed by atoms with Crippen molar-refractivity contribution in [3.8, 4) is 11.5 Å². The summed E-state index contributed by atoms with van der Waals surface area (Å²) >= 11 is 6.17. The number of nitrogens with zero attached hydrogens (tertiary/aromatic N) is 1. The molecule has 0 fully saturated rings. The Morgan fingerprint density at radius 3 is 2.75 bits per heavy atom. The van der Waals surface area contributed by atoms with E-state index in [1.807, 2.05) is 18.2 Å². The number of fused-ring (bicyclic) bond motifs is 1. The van der Waals surface area contributed by atoms with Gasteiger partial charge in [-0.3, -0.25) is 0 Å². The Bertz CT molecular complexity index is 979. The molecule has 1 atom stereocenters. The smallest absolute Gasteiger partial charge is 0.345 e. The molecule has 3 aromatic rings. The van der Waals surface area contributed by atoms with E-state index >= 15 is 0 Å². The molecule has 7 heteroatoms. The van der Waals surface area contributed by atoms with Gasteiger partial charge < -0.3 is 14.1 Å². The van der Waals surface area contributed by atoms with Crippen LogP contribution < -0.4 is 5.69 Å². The number of aromatic nitrogens is 2. The van der Waals surface area contributed by atoms with Crippen LogP contribution in [0.5, 0.6) is 0 Å². The molecule has 120 valence electrons. The highest BCUT2D eigenvalue weighted by Crippen LogP contribution is 2.36. The van der Waals surface area contributed by atoms with Crippen LogP contribution in [0.3, 0.4) is 0 Å². The molecular weight excluding hydrogens is 332 g/mol. The molecule has 0 radical (unpaired) electrons. The summed E-state index contributed by atoms with van der Waals surface area (Å²) < 4.78 is 10.7. The first-order valence-electron chi connectivity index (χ1n) is 7.26. The molecule has 1 aliphatic rings. The van der Waals surface area contributed by atoms with Gasteiger partial charge >= 0.3 is 11.7 Å². The zero-order chi connectivity index (χ0) is 16.7. The lowest BCUT2D eigenvalue weighted by Crippen LogP contribution is -2.17. The first kappa shape index (κ1) is 14.7. The second-order valence-electron chi connectivity index (χ2n) is 5.35. The van der Waals surface area contributed by atoms with Gasteiger partial charge in [-0.2, -0.15) is 4.98 Å². The topological polar surface area (TPSA) is 85.2 Å². The Labute approximate surface area is 141 Å². The van der Waals surface area contributed by atoms with Crippen LogP contribution in [-0.2, 0) is 11.2 Å². The number of cyclic esters (lactones) is 1. The number of hydrogen-bond acceptors (Lipinski definition) is 5. The Morgan fingerprint density at radius 2 is 2.00 bits per heavy atom. The summed E-state index contributed by atoms with van der Waals surface area (Å²) in [6, 6.07) is 10.6. The van der Waals surface area contributed by atoms with Gasteiger partial charge in [0.15, 0.2) is 5.76 Å². The molecule has 1 aliphatic heterocycles. The largest absolute Gasteiger partial charge is 0.463 e. The Kier molecular flexibility index (Phi) is 3.46. The lowest BCUT2D eigenvalue weighted by atomic mass is 10.0. The van der Waals surface area contributed by atoms with Crippen LogP contribution in [0.15, 0.2) is 51.9 Å². The monoisotopic (exact) mass is 342 g/mol. The van der Waals surface area contributed by atoms with Gasteiger partial charge in [0, 0.05) is 11.4 Å². The standard InChI is InChI=1S/C17H11ClN2O4/c18-10-5-2-1-4-9(10)8-12-15-13(16(21)24-12)14(19-17(22)20-15)11-6-3-7-23-11/h1-7,12H,8H2,(H,19,20,22). The van der Waals surface area contributed by atoms with Gasteiger partial charge in [0.2, 0.25) is 0 Å².